The van der Waals surface area contributed by atoms with Gasteiger partial charge in [-0.3, -0.25) is 14.9 Å². The summed E-state index contributed by atoms with van der Waals surface area (Å²) in [5, 5.41) is 17.3. The summed E-state index contributed by atoms with van der Waals surface area (Å²) in [6.07, 6.45) is 6.20. The van der Waals surface area contributed by atoms with Gasteiger partial charge in [-0.2, -0.15) is 0 Å². The Morgan fingerprint density at radius 2 is 1.57 bits per heavy atom. The fourth-order valence-electron chi connectivity index (χ4n) is 5.70. The first-order valence-electron chi connectivity index (χ1n) is 18.0. The Hall–Kier alpha value is -6.15. The normalized spacial score (nSPS) is 15.8. The van der Waals surface area contributed by atoms with Crippen molar-refractivity contribution in [2.45, 2.75) is 57.1 Å². The summed E-state index contributed by atoms with van der Waals surface area (Å²) in [6, 6.07) is 27.9. The van der Waals surface area contributed by atoms with Crippen LogP contribution in [0.1, 0.15) is 45.2 Å². The zero-order valence-electron chi connectivity index (χ0n) is 31.7. The molecule has 0 bridgehead atoms. The van der Waals surface area contributed by atoms with Crippen molar-refractivity contribution < 1.29 is 37.1 Å². The molecule has 2 unspecified atom stereocenters. The highest BCUT2D eigenvalue weighted by molar-refractivity contribution is 7.90. The molecule has 0 heterocycles. The highest BCUT2D eigenvalue weighted by Gasteiger charge is 2.30. The number of anilines is 1. The van der Waals surface area contributed by atoms with Crippen molar-refractivity contribution in [3.8, 4) is 11.5 Å². The number of rotatable bonds is 16. The Kier molecular flexibility index (Phi) is 13.2. The molecule has 0 saturated carbocycles. The van der Waals surface area contributed by atoms with E-state index < -0.39 is 49.2 Å². The van der Waals surface area contributed by atoms with Gasteiger partial charge in [0.15, 0.2) is 0 Å². The number of allylic oxidation sites excluding steroid dienone is 3. The van der Waals surface area contributed by atoms with Crippen molar-refractivity contribution in [1.29, 1.82) is 0 Å². The van der Waals surface area contributed by atoms with E-state index in [2.05, 4.69) is 47.9 Å². The van der Waals surface area contributed by atoms with Gasteiger partial charge in [-0.1, -0.05) is 85.8 Å². The summed E-state index contributed by atoms with van der Waals surface area (Å²) in [7, 11) is -4.63. The number of nitrogens with zero attached hydrogens (tertiary/aromatic N) is 1. The molecule has 0 radical (unpaired) electrons. The molecule has 4 aromatic carbocycles. The van der Waals surface area contributed by atoms with Crippen molar-refractivity contribution in [3.63, 3.8) is 0 Å². The minimum atomic E-state index is -4.63. The lowest BCUT2D eigenvalue weighted by Gasteiger charge is -2.28. The summed E-state index contributed by atoms with van der Waals surface area (Å²) in [6.45, 7) is 7.85. The van der Waals surface area contributed by atoms with Crippen LogP contribution < -0.4 is 24.8 Å². The standard InChI is InChI=1S/C42H46N4O9S/c1-41(2,3)55-40(48)44-37(27-30-15-17-34(18-16-30)54-29-42(4)23-21-32(22-24-42)31-11-7-5-8-12-31)39(47)45-56(51,52)35-19-20-36(38(28-35)46(49)50)43-25-26-53-33-13-9-6-10-14-33/h5-23,28,37,43H,24-27,29H2,1-4H3,(H,44,48)(H,45,47). The smallest absolute Gasteiger partial charge is 0.408 e. The second-order valence-electron chi connectivity index (χ2n) is 14.5. The third-order valence-corrected chi connectivity index (χ3v) is 9.98. The molecule has 1 aliphatic rings. The molecule has 1 aliphatic carbocycles. The predicted molar refractivity (Wildman–Crippen MR) is 214 cm³/mol. The van der Waals surface area contributed by atoms with E-state index in [1.807, 2.05) is 41.1 Å². The molecule has 3 N–H and O–H groups in total. The lowest BCUT2D eigenvalue weighted by atomic mass is 9.81. The van der Waals surface area contributed by atoms with Gasteiger partial charge in [-0.15, -0.1) is 0 Å². The van der Waals surface area contributed by atoms with Gasteiger partial charge in [0.1, 0.15) is 35.4 Å². The molecule has 294 valence electrons. The fourth-order valence-corrected chi connectivity index (χ4v) is 6.74. The van der Waals surface area contributed by atoms with Gasteiger partial charge in [-0.05, 0) is 80.3 Å². The van der Waals surface area contributed by atoms with Gasteiger partial charge in [0.25, 0.3) is 21.6 Å². The molecular formula is C42H46N4O9S. The molecule has 2 atom stereocenters. The van der Waals surface area contributed by atoms with Crippen LogP contribution in [0.2, 0.25) is 0 Å². The number of nitro benzene ring substituents is 1. The van der Waals surface area contributed by atoms with Crippen LogP contribution in [0.25, 0.3) is 5.57 Å². The van der Waals surface area contributed by atoms with E-state index in [0.717, 1.165) is 29.7 Å². The number of benzene rings is 4. The SMILES string of the molecule is CC1(COc2ccc(CC(NC(=O)OC(C)(C)C)C(=O)NS(=O)(=O)c3ccc(NCCOc4ccccc4)c([N+](=O)[O-])c3)cc2)C=CC(c2ccccc2)=CC1. The van der Waals surface area contributed by atoms with Crippen LogP contribution in [0.15, 0.2) is 126 Å². The van der Waals surface area contributed by atoms with Crippen LogP contribution in [0, 0.1) is 15.5 Å². The maximum atomic E-state index is 13.6. The third-order valence-electron chi connectivity index (χ3n) is 8.64. The Labute approximate surface area is 327 Å². The number of carbonyl (C=O) groups excluding carboxylic acids is 2. The second kappa shape index (κ2) is 18.0. The predicted octanol–water partition coefficient (Wildman–Crippen LogP) is 7.46. The molecule has 0 aromatic heterocycles. The molecule has 5 rings (SSSR count). The number of sulfonamides is 1. The topological polar surface area (TPSA) is 175 Å². The Balaban J connectivity index is 1.23. The largest absolute Gasteiger partial charge is 0.493 e. The van der Waals surface area contributed by atoms with Gasteiger partial charge in [0.05, 0.1) is 16.4 Å². The third kappa shape index (κ3) is 11.9. The summed E-state index contributed by atoms with van der Waals surface area (Å²) in [5.41, 5.74) is 1.32. The second-order valence-corrected chi connectivity index (χ2v) is 16.2. The van der Waals surface area contributed by atoms with Crippen LogP contribution in [0.3, 0.4) is 0 Å². The van der Waals surface area contributed by atoms with Gasteiger partial charge in [0, 0.05) is 24.4 Å². The van der Waals surface area contributed by atoms with Crippen molar-refractivity contribution in [1.82, 2.24) is 10.0 Å². The highest BCUT2D eigenvalue weighted by Crippen LogP contribution is 2.34. The van der Waals surface area contributed by atoms with E-state index in [1.54, 1.807) is 57.2 Å². The van der Waals surface area contributed by atoms with Gasteiger partial charge in [-0.25, -0.2) is 17.9 Å². The van der Waals surface area contributed by atoms with E-state index in [-0.39, 0.29) is 30.7 Å². The maximum absolute atomic E-state index is 13.6. The van der Waals surface area contributed by atoms with Gasteiger partial charge in [0.2, 0.25) is 0 Å². The number of nitro groups is 1. The molecule has 13 nitrogen and oxygen atoms in total. The lowest BCUT2D eigenvalue weighted by molar-refractivity contribution is -0.384. The molecular weight excluding hydrogens is 737 g/mol. The van der Waals surface area contributed by atoms with E-state index in [9.17, 15) is 28.1 Å². The maximum Gasteiger partial charge on any atom is 0.408 e. The van der Waals surface area contributed by atoms with Crippen LogP contribution in [-0.4, -0.2) is 56.7 Å². The van der Waals surface area contributed by atoms with E-state index in [1.165, 1.54) is 6.07 Å². The van der Waals surface area contributed by atoms with Crippen molar-refractivity contribution in [2.24, 2.45) is 5.41 Å². The number of hydrogen-bond acceptors (Lipinski definition) is 10. The summed E-state index contributed by atoms with van der Waals surface area (Å²) >= 11 is 0. The molecule has 56 heavy (non-hydrogen) atoms. The zero-order valence-corrected chi connectivity index (χ0v) is 32.5. The lowest BCUT2D eigenvalue weighted by Crippen LogP contribution is -2.50. The molecule has 0 saturated heterocycles. The number of amides is 2. The summed E-state index contributed by atoms with van der Waals surface area (Å²) in [4.78, 5) is 37.0. The minimum Gasteiger partial charge on any atom is -0.493 e. The molecule has 4 aromatic rings. The fraction of sp³-hybridized carbons (Fsp3) is 0.286. The van der Waals surface area contributed by atoms with Gasteiger partial charge >= 0.3 is 6.09 Å². The number of carbonyl (C=O) groups is 2. The summed E-state index contributed by atoms with van der Waals surface area (Å²) < 4.78 is 45.9. The quantitative estimate of drug-likeness (QED) is 0.0588. The molecule has 0 fully saturated rings. The number of para-hydroxylation sites is 1. The van der Waals surface area contributed by atoms with E-state index in [4.69, 9.17) is 14.2 Å². The van der Waals surface area contributed by atoms with E-state index >= 15 is 0 Å². The van der Waals surface area contributed by atoms with Crippen LogP contribution >= 0.6 is 0 Å². The molecule has 2 amide bonds. The summed E-state index contributed by atoms with van der Waals surface area (Å²) in [5.74, 6) is 0.145. The van der Waals surface area contributed by atoms with Crippen LogP contribution in [-0.2, 0) is 26.0 Å². The average molecular weight is 783 g/mol. The van der Waals surface area contributed by atoms with Crippen LogP contribution in [0.4, 0.5) is 16.2 Å². The molecule has 0 aliphatic heterocycles. The average Bonchev–Trinajstić information content (AvgIpc) is 3.16. The monoisotopic (exact) mass is 782 g/mol. The van der Waals surface area contributed by atoms with Crippen LogP contribution in [0.5, 0.6) is 11.5 Å². The number of ether oxygens (including phenoxy) is 3. The highest BCUT2D eigenvalue weighted by atomic mass is 32.2. The van der Waals surface area contributed by atoms with Crippen molar-refractivity contribution >= 4 is 39.0 Å². The number of alkyl carbamates (subject to hydrolysis) is 1. The number of nitrogens with one attached hydrogen (secondary N) is 3. The van der Waals surface area contributed by atoms with E-state index in [0.29, 0.717) is 23.7 Å². The Bertz CT molecular complexity index is 2170. The first-order valence-corrected chi connectivity index (χ1v) is 19.5. The van der Waals surface area contributed by atoms with Crippen molar-refractivity contribution in [3.05, 3.63) is 143 Å². The first-order chi connectivity index (χ1) is 26.6. The molecule has 14 heteroatoms. The Morgan fingerprint density at radius 1 is 0.911 bits per heavy atom. The van der Waals surface area contributed by atoms with Crippen molar-refractivity contribution in [2.75, 3.05) is 25.1 Å². The molecule has 0 spiro atoms. The van der Waals surface area contributed by atoms with Gasteiger partial charge < -0.3 is 24.8 Å². The first kappa shape index (κ1) is 41.0. The zero-order chi connectivity index (χ0) is 40.3. The number of hydrogen-bond donors (Lipinski definition) is 3. The Morgan fingerprint density at radius 3 is 2.20 bits per heavy atom. The minimum absolute atomic E-state index is 0.0622.